The number of aryl methyl sites for hydroxylation is 4. The van der Waals surface area contributed by atoms with E-state index in [0.717, 1.165) is 47.5 Å². The first-order valence-corrected chi connectivity index (χ1v) is 12.8. The number of carbonyl (C=O) groups is 1. The third-order valence-corrected chi connectivity index (χ3v) is 8.02. The number of nitriles is 1. The molecule has 0 saturated carbocycles. The fourth-order valence-electron chi connectivity index (χ4n) is 4.03. The molecule has 5 rings (SSSR count). The highest BCUT2D eigenvalue weighted by molar-refractivity contribution is 7.99. The molecule has 0 bridgehead atoms. The summed E-state index contributed by atoms with van der Waals surface area (Å²) in [5, 5.41) is 27.1. The van der Waals surface area contributed by atoms with Gasteiger partial charge in [0, 0.05) is 23.3 Å². The molecule has 172 valence electrons. The molecule has 8 nitrogen and oxygen atoms in total. The van der Waals surface area contributed by atoms with E-state index < -0.39 is 0 Å². The van der Waals surface area contributed by atoms with Crippen LogP contribution in [0.5, 0.6) is 0 Å². The molecule has 0 radical (unpaired) electrons. The average molecular weight is 490 g/mol. The summed E-state index contributed by atoms with van der Waals surface area (Å²) in [6, 6.07) is 12.3. The number of benzene rings is 1. The third kappa shape index (κ3) is 4.13. The molecule has 1 aliphatic carbocycles. The van der Waals surface area contributed by atoms with Crippen LogP contribution in [0, 0.1) is 25.2 Å². The minimum atomic E-state index is -0.171. The number of amides is 1. The van der Waals surface area contributed by atoms with Crippen molar-refractivity contribution in [3.63, 3.8) is 0 Å². The van der Waals surface area contributed by atoms with E-state index in [2.05, 4.69) is 26.7 Å². The molecule has 10 heteroatoms. The zero-order chi connectivity index (χ0) is 23.8. The first kappa shape index (κ1) is 22.4. The Bertz CT molecular complexity index is 1400. The van der Waals surface area contributed by atoms with E-state index in [1.54, 1.807) is 4.68 Å². The Morgan fingerprint density at radius 2 is 2.03 bits per heavy atom. The monoisotopic (exact) mass is 489 g/mol. The van der Waals surface area contributed by atoms with Gasteiger partial charge in [0.1, 0.15) is 16.8 Å². The first-order chi connectivity index (χ1) is 16.4. The average Bonchev–Trinajstić information content (AvgIpc) is 3.57. The molecular formula is C24H23N7OS2. The first-order valence-electron chi connectivity index (χ1n) is 11.0. The fourth-order valence-corrected chi connectivity index (χ4v) is 6.04. The van der Waals surface area contributed by atoms with E-state index in [4.69, 9.17) is 0 Å². The van der Waals surface area contributed by atoms with Gasteiger partial charge in [0.2, 0.25) is 5.91 Å². The van der Waals surface area contributed by atoms with Crippen LogP contribution in [0.2, 0.25) is 0 Å². The number of anilines is 1. The topological polar surface area (TPSA) is 101 Å². The second-order valence-corrected chi connectivity index (χ2v) is 10.3. The van der Waals surface area contributed by atoms with Crippen LogP contribution in [-0.2, 0) is 24.7 Å². The van der Waals surface area contributed by atoms with Crippen molar-refractivity contribution in [3.05, 3.63) is 57.6 Å². The van der Waals surface area contributed by atoms with Crippen LogP contribution in [0.3, 0.4) is 0 Å². The summed E-state index contributed by atoms with van der Waals surface area (Å²) < 4.78 is 3.73. The maximum Gasteiger partial charge on any atom is 0.235 e. The Labute approximate surface area is 205 Å². The van der Waals surface area contributed by atoms with E-state index >= 15 is 0 Å². The summed E-state index contributed by atoms with van der Waals surface area (Å²) in [7, 11) is 1.89. The van der Waals surface area contributed by atoms with Crippen LogP contribution in [-0.4, -0.2) is 36.2 Å². The molecule has 3 heterocycles. The number of hydrogen-bond donors (Lipinski definition) is 1. The Morgan fingerprint density at radius 1 is 1.24 bits per heavy atom. The number of carbonyl (C=O) groups excluding carboxylic acids is 1. The van der Waals surface area contributed by atoms with E-state index in [0.29, 0.717) is 21.5 Å². The van der Waals surface area contributed by atoms with E-state index in [-0.39, 0.29) is 11.7 Å². The molecule has 34 heavy (non-hydrogen) atoms. The van der Waals surface area contributed by atoms with Gasteiger partial charge in [-0.3, -0.25) is 14.0 Å². The van der Waals surface area contributed by atoms with Crippen molar-refractivity contribution in [2.75, 3.05) is 11.1 Å². The van der Waals surface area contributed by atoms with Gasteiger partial charge in [0.25, 0.3) is 0 Å². The zero-order valence-corrected chi connectivity index (χ0v) is 20.8. The highest BCUT2D eigenvalue weighted by Crippen LogP contribution is 2.38. The van der Waals surface area contributed by atoms with Crippen molar-refractivity contribution < 1.29 is 4.79 Å². The van der Waals surface area contributed by atoms with Crippen molar-refractivity contribution >= 4 is 34.0 Å². The van der Waals surface area contributed by atoms with Gasteiger partial charge >= 0.3 is 0 Å². The van der Waals surface area contributed by atoms with Crippen LogP contribution < -0.4 is 5.32 Å². The smallest absolute Gasteiger partial charge is 0.235 e. The summed E-state index contributed by atoms with van der Waals surface area (Å²) in [4.78, 5) is 14.0. The van der Waals surface area contributed by atoms with Crippen LogP contribution in [0.15, 0.2) is 35.5 Å². The van der Waals surface area contributed by atoms with Crippen molar-refractivity contribution in [2.45, 2.75) is 38.3 Å². The predicted octanol–water partition coefficient (Wildman–Crippen LogP) is 4.44. The maximum atomic E-state index is 12.8. The quantitative estimate of drug-likeness (QED) is 0.402. The molecule has 3 aromatic heterocycles. The maximum absolute atomic E-state index is 12.8. The zero-order valence-electron chi connectivity index (χ0n) is 19.1. The van der Waals surface area contributed by atoms with Crippen molar-refractivity contribution in [1.82, 2.24) is 24.5 Å². The number of hydrogen-bond acceptors (Lipinski definition) is 7. The SMILES string of the molecule is Cc1ccc(-n2c(SCC(=O)Nc3sc4c(c3C#N)CCC4)nnc2-c2cc(C)n(C)n2)cc1. The molecule has 0 aliphatic heterocycles. The van der Waals surface area contributed by atoms with Gasteiger partial charge in [-0.25, -0.2) is 0 Å². The molecule has 0 atom stereocenters. The van der Waals surface area contributed by atoms with Crippen LogP contribution in [0.1, 0.15) is 33.7 Å². The molecule has 1 amide bonds. The minimum Gasteiger partial charge on any atom is -0.316 e. The standard InChI is InChI=1S/C24H23N7OS2/c1-14-7-9-16(10-8-14)31-22(19-11-15(2)30(3)29-19)27-28-24(31)33-13-21(32)26-23-18(12-25)17-5-4-6-20(17)34-23/h7-11H,4-6,13H2,1-3H3,(H,26,32). The van der Waals surface area contributed by atoms with Gasteiger partial charge in [-0.1, -0.05) is 29.5 Å². The van der Waals surface area contributed by atoms with E-state index in [1.165, 1.54) is 28.0 Å². The Hall–Kier alpha value is -3.42. The number of nitrogens with one attached hydrogen (secondary N) is 1. The molecule has 0 unspecified atom stereocenters. The highest BCUT2D eigenvalue weighted by Gasteiger charge is 2.24. The number of rotatable bonds is 6. The minimum absolute atomic E-state index is 0.151. The normalized spacial score (nSPS) is 12.5. The fraction of sp³-hybridized carbons (Fsp3) is 0.292. The van der Waals surface area contributed by atoms with Crippen molar-refractivity contribution in [3.8, 4) is 23.3 Å². The van der Waals surface area contributed by atoms with Crippen LogP contribution in [0.25, 0.3) is 17.2 Å². The second kappa shape index (κ2) is 9.08. The van der Waals surface area contributed by atoms with Crippen LogP contribution in [0.4, 0.5) is 5.00 Å². The number of thiophene rings is 1. The van der Waals surface area contributed by atoms with Crippen molar-refractivity contribution in [2.24, 2.45) is 7.05 Å². The third-order valence-electron chi connectivity index (χ3n) is 5.89. The molecular weight excluding hydrogens is 466 g/mol. The van der Waals surface area contributed by atoms with Gasteiger partial charge in [0.05, 0.1) is 11.3 Å². The number of aromatic nitrogens is 5. The van der Waals surface area contributed by atoms with E-state index in [1.807, 2.05) is 55.8 Å². The highest BCUT2D eigenvalue weighted by atomic mass is 32.2. The van der Waals surface area contributed by atoms with E-state index in [9.17, 15) is 10.1 Å². The Kier molecular flexibility index (Phi) is 5.98. The number of nitrogens with zero attached hydrogens (tertiary/aromatic N) is 6. The molecule has 0 spiro atoms. The summed E-state index contributed by atoms with van der Waals surface area (Å²) in [6.45, 7) is 4.02. The molecule has 1 aliphatic rings. The lowest BCUT2D eigenvalue weighted by atomic mass is 10.1. The summed E-state index contributed by atoms with van der Waals surface area (Å²) in [6.07, 6.45) is 2.97. The molecule has 0 fully saturated rings. The van der Waals surface area contributed by atoms with Crippen LogP contribution >= 0.6 is 23.1 Å². The Morgan fingerprint density at radius 3 is 2.74 bits per heavy atom. The molecule has 1 N–H and O–H groups in total. The van der Waals surface area contributed by atoms with Gasteiger partial charge in [-0.15, -0.1) is 21.5 Å². The molecule has 1 aromatic carbocycles. The van der Waals surface area contributed by atoms with Crippen molar-refractivity contribution in [1.29, 1.82) is 5.26 Å². The lowest BCUT2D eigenvalue weighted by Crippen LogP contribution is -2.14. The number of thioether (sulfide) groups is 1. The number of fused-ring (bicyclic) bond motifs is 1. The predicted molar refractivity (Wildman–Crippen MR) is 133 cm³/mol. The Balaban J connectivity index is 1.40. The van der Waals surface area contributed by atoms with Gasteiger partial charge < -0.3 is 5.32 Å². The molecule has 4 aromatic rings. The lowest BCUT2D eigenvalue weighted by Gasteiger charge is -2.10. The summed E-state index contributed by atoms with van der Waals surface area (Å²) in [5.41, 5.74) is 5.50. The van der Waals surface area contributed by atoms with Gasteiger partial charge in [-0.2, -0.15) is 10.4 Å². The summed E-state index contributed by atoms with van der Waals surface area (Å²) in [5.74, 6) is 0.602. The second-order valence-electron chi connectivity index (χ2n) is 8.28. The lowest BCUT2D eigenvalue weighted by molar-refractivity contribution is -0.113. The summed E-state index contributed by atoms with van der Waals surface area (Å²) >= 11 is 2.83. The van der Waals surface area contributed by atoms with Gasteiger partial charge in [0.15, 0.2) is 11.0 Å². The molecule has 0 saturated heterocycles. The largest absolute Gasteiger partial charge is 0.316 e. The van der Waals surface area contributed by atoms with Gasteiger partial charge in [-0.05, 0) is 56.9 Å².